The molecule has 3 nitrogen and oxygen atoms in total. The Morgan fingerprint density at radius 2 is 1.88 bits per heavy atom. The molecule has 0 N–H and O–H groups in total. The topological polar surface area (TPSA) is 43.1 Å². The molecule has 0 aliphatic heterocycles. The van der Waals surface area contributed by atoms with Crippen molar-refractivity contribution in [3.63, 3.8) is 0 Å². The summed E-state index contributed by atoms with van der Waals surface area (Å²) in [5.74, 6) is -0.179. The highest BCUT2D eigenvalue weighted by Crippen LogP contribution is 2.31. The number of hydrogen-bond acceptors (Lipinski definition) is 3. The van der Waals surface area contributed by atoms with Gasteiger partial charge in [-0.15, -0.1) is 11.8 Å². The van der Waals surface area contributed by atoms with Crippen molar-refractivity contribution in [2.24, 2.45) is 0 Å². The van der Waals surface area contributed by atoms with Gasteiger partial charge in [0.15, 0.2) is 0 Å². The van der Waals surface area contributed by atoms with Gasteiger partial charge in [0.2, 0.25) is 0 Å². The van der Waals surface area contributed by atoms with Gasteiger partial charge in [0, 0.05) is 22.8 Å². The fraction of sp³-hybridized carbons (Fsp3) is 0.333. The highest BCUT2D eigenvalue weighted by molar-refractivity contribution is 9.09. The molecule has 0 radical (unpaired) electrons. The van der Waals surface area contributed by atoms with E-state index in [2.05, 4.69) is 15.9 Å². The Kier molecular flexibility index (Phi) is 4.81. The Morgan fingerprint density at radius 3 is 2.29 bits per heavy atom. The van der Waals surface area contributed by atoms with Crippen LogP contribution in [0.1, 0.15) is 0 Å². The number of nitro groups is 1. The van der Waals surface area contributed by atoms with Crippen LogP contribution in [0.15, 0.2) is 29.2 Å². The van der Waals surface area contributed by atoms with Crippen LogP contribution in [0, 0.1) is 10.1 Å². The summed E-state index contributed by atoms with van der Waals surface area (Å²) < 4.78 is 36.5. The highest BCUT2D eigenvalue weighted by Gasteiger charge is 2.37. The van der Waals surface area contributed by atoms with E-state index in [1.165, 1.54) is 24.3 Å². The van der Waals surface area contributed by atoms with Crippen molar-refractivity contribution in [1.82, 2.24) is 0 Å². The molecule has 0 bridgehead atoms. The summed E-state index contributed by atoms with van der Waals surface area (Å²) in [6.07, 6.45) is -4.28. The summed E-state index contributed by atoms with van der Waals surface area (Å²) in [5, 5.41) is 10.4. The number of nitro benzene ring substituents is 1. The number of thioether (sulfide) groups is 1. The first-order chi connectivity index (χ1) is 7.80. The van der Waals surface area contributed by atoms with Gasteiger partial charge in [-0.25, -0.2) is 0 Å². The average Bonchev–Trinajstić information content (AvgIpc) is 2.25. The van der Waals surface area contributed by atoms with Crippen LogP contribution < -0.4 is 0 Å². The number of alkyl halides is 4. The van der Waals surface area contributed by atoms with Gasteiger partial charge in [-0.05, 0) is 12.1 Å². The van der Waals surface area contributed by atoms with Crippen molar-refractivity contribution in [2.45, 2.75) is 15.9 Å². The molecule has 1 rings (SSSR count). The smallest absolute Gasteiger partial charge is 0.258 e. The molecule has 17 heavy (non-hydrogen) atoms. The minimum Gasteiger partial charge on any atom is -0.258 e. The maximum atomic E-state index is 12.2. The van der Waals surface area contributed by atoms with Crippen LogP contribution in [0.25, 0.3) is 0 Å². The molecule has 0 fully saturated rings. The Balaban J connectivity index is 2.56. The van der Waals surface area contributed by atoms with E-state index >= 15 is 0 Å². The van der Waals surface area contributed by atoms with E-state index < -0.39 is 15.9 Å². The van der Waals surface area contributed by atoms with Gasteiger partial charge < -0.3 is 0 Å². The normalized spacial score (nSPS) is 13.4. The molecule has 94 valence electrons. The lowest BCUT2D eigenvalue weighted by atomic mass is 10.3. The highest BCUT2D eigenvalue weighted by atomic mass is 79.9. The lowest BCUT2D eigenvalue weighted by Crippen LogP contribution is -2.24. The molecule has 0 aliphatic rings. The predicted octanol–water partition coefficient (Wildman–Crippen LogP) is 4.01. The van der Waals surface area contributed by atoms with E-state index in [-0.39, 0.29) is 11.4 Å². The molecule has 1 atom stereocenters. The van der Waals surface area contributed by atoms with Gasteiger partial charge in [0.05, 0.1) is 4.92 Å². The maximum Gasteiger partial charge on any atom is 0.402 e. The van der Waals surface area contributed by atoms with Crippen LogP contribution in [0.2, 0.25) is 0 Å². The van der Waals surface area contributed by atoms with Crippen LogP contribution in [-0.2, 0) is 0 Å². The van der Waals surface area contributed by atoms with Crippen LogP contribution >= 0.6 is 27.7 Å². The van der Waals surface area contributed by atoms with Crippen LogP contribution in [0.4, 0.5) is 18.9 Å². The number of non-ortho nitro benzene ring substituents is 1. The van der Waals surface area contributed by atoms with Crippen LogP contribution in [0.3, 0.4) is 0 Å². The molecule has 0 amide bonds. The summed E-state index contributed by atoms with van der Waals surface area (Å²) in [6.45, 7) is 0. The fourth-order valence-corrected chi connectivity index (χ4v) is 2.18. The molecule has 1 aromatic carbocycles. The monoisotopic (exact) mass is 329 g/mol. The zero-order valence-corrected chi connectivity index (χ0v) is 10.7. The molecular formula is C9H7BrF3NO2S. The van der Waals surface area contributed by atoms with E-state index in [9.17, 15) is 23.3 Å². The minimum absolute atomic E-state index is 0.0828. The first kappa shape index (κ1) is 14.3. The van der Waals surface area contributed by atoms with Crippen LogP contribution in [-0.4, -0.2) is 21.7 Å². The molecule has 0 spiro atoms. The maximum absolute atomic E-state index is 12.2. The standard InChI is InChI=1S/C9H7BrF3NO2S/c10-8(9(11,12)13)5-17-7-3-1-6(2-4-7)14(15)16/h1-4,8H,5H2. The Morgan fingerprint density at radius 1 is 1.35 bits per heavy atom. The van der Waals surface area contributed by atoms with Gasteiger partial charge in [-0.3, -0.25) is 10.1 Å². The molecular weight excluding hydrogens is 323 g/mol. The van der Waals surface area contributed by atoms with Gasteiger partial charge in [0.25, 0.3) is 5.69 Å². The Labute approximate surface area is 108 Å². The van der Waals surface area contributed by atoms with E-state index in [1.54, 1.807) is 0 Å². The number of rotatable bonds is 4. The number of halogens is 4. The summed E-state index contributed by atoms with van der Waals surface area (Å²) in [6, 6.07) is 5.39. The molecule has 0 aliphatic carbocycles. The van der Waals surface area contributed by atoms with E-state index in [1.807, 2.05) is 0 Å². The molecule has 0 saturated heterocycles. The zero-order chi connectivity index (χ0) is 13.1. The Hall–Kier alpha value is -0.760. The minimum atomic E-state index is -4.28. The number of nitrogens with zero attached hydrogens (tertiary/aromatic N) is 1. The van der Waals surface area contributed by atoms with Gasteiger partial charge in [-0.1, -0.05) is 15.9 Å². The van der Waals surface area contributed by atoms with E-state index in [0.717, 1.165) is 11.8 Å². The third-order valence-electron chi connectivity index (χ3n) is 1.80. The largest absolute Gasteiger partial charge is 0.402 e. The second-order valence-electron chi connectivity index (χ2n) is 3.07. The molecule has 0 saturated carbocycles. The van der Waals surface area contributed by atoms with Crippen molar-refractivity contribution >= 4 is 33.4 Å². The van der Waals surface area contributed by atoms with Gasteiger partial charge >= 0.3 is 6.18 Å². The molecule has 0 heterocycles. The number of benzene rings is 1. The molecule has 1 unspecified atom stereocenters. The van der Waals surface area contributed by atoms with Crippen molar-refractivity contribution in [1.29, 1.82) is 0 Å². The predicted molar refractivity (Wildman–Crippen MR) is 62.6 cm³/mol. The number of hydrogen-bond donors (Lipinski definition) is 0. The van der Waals surface area contributed by atoms with E-state index in [0.29, 0.717) is 4.90 Å². The third kappa shape index (κ3) is 4.55. The van der Waals surface area contributed by atoms with Crippen molar-refractivity contribution < 1.29 is 18.1 Å². The first-order valence-electron chi connectivity index (χ1n) is 4.39. The van der Waals surface area contributed by atoms with E-state index in [4.69, 9.17) is 0 Å². The quantitative estimate of drug-likeness (QED) is 0.363. The molecule has 1 aromatic rings. The summed E-state index contributed by atoms with van der Waals surface area (Å²) >= 11 is 3.53. The molecule has 0 aromatic heterocycles. The lowest BCUT2D eigenvalue weighted by Gasteiger charge is -2.12. The van der Waals surface area contributed by atoms with Crippen molar-refractivity contribution in [3.05, 3.63) is 34.4 Å². The van der Waals surface area contributed by atoms with Gasteiger partial charge in [0.1, 0.15) is 4.83 Å². The van der Waals surface area contributed by atoms with Crippen LogP contribution in [0.5, 0.6) is 0 Å². The Bertz CT molecular complexity index is 396. The second kappa shape index (κ2) is 5.72. The first-order valence-corrected chi connectivity index (χ1v) is 6.29. The van der Waals surface area contributed by atoms with Crippen molar-refractivity contribution in [3.8, 4) is 0 Å². The molecule has 8 heteroatoms. The van der Waals surface area contributed by atoms with Gasteiger partial charge in [-0.2, -0.15) is 13.2 Å². The summed E-state index contributed by atoms with van der Waals surface area (Å²) in [7, 11) is 0. The second-order valence-corrected chi connectivity index (χ2v) is 5.27. The summed E-state index contributed by atoms with van der Waals surface area (Å²) in [5.41, 5.74) is -0.0828. The average molecular weight is 330 g/mol. The lowest BCUT2D eigenvalue weighted by molar-refractivity contribution is -0.384. The third-order valence-corrected chi connectivity index (χ3v) is 4.18. The SMILES string of the molecule is O=[N+]([O-])c1ccc(SCC(Br)C(F)(F)F)cc1. The van der Waals surface area contributed by atoms with Crippen molar-refractivity contribution in [2.75, 3.05) is 5.75 Å². The fourth-order valence-electron chi connectivity index (χ4n) is 0.928. The zero-order valence-electron chi connectivity index (χ0n) is 8.28. The summed E-state index contributed by atoms with van der Waals surface area (Å²) in [4.78, 5) is 8.77.